The van der Waals surface area contributed by atoms with Gasteiger partial charge in [-0.2, -0.15) is 11.8 Å². The second-order valence-electron chi connectivity index (χ2n) is 5.69. The summed E-state index contributed by atoms with van der Waals surface area (Å²) in [5.41, 5.74) is 1.33. The summed E-state index contributed by atoms with van der Waals surface area (Å²) in [4.78, 5) is 2.66. The van der Waals surface area contributed by atoms with Gasteiger partial charge in [-0.05, 0) is 29.9 Å². The molecule has 2 aliphatic rings. The van der Waals surface area contributed by atoms with Gasteiger partial charge in [0.25, 0.3) is 0 Å². The van der Waals surface area contributed by atoms with E-state index in [1.807, 2.05) is 0 Å². The van der Waals surface area contributed by atoms with Gasteiger partial charge in [0.2, 0.25) is 0 Å². The van der Waals surface area contributed by atoms with Crippen LogP contribution < -0.4 is 10.1 Å². The Balaban J connectivity index is 1.77. The van der Waals surface area contributed by atoms with Crippen molar-refractivity contribution in [3.63, 3.8) is 0 Å². The highest BCUT2D eigenvalue weighted by atomic mass is 32.2. The van der Waals surface area contributed by atoms with E-state index in [0.717, 1.165) is 31.3 Å². The van der Waals surface area contributed by atoms with Gasteiger partial charge in [-0.3, -0.25) is 4.90 Å². The molecule has 2 unspecified atom stereocenters. The van der Waals surface area contributed by atoms with Gasteiger partial charge in [-0.1, -0.05) is 18.2 Å². The zero-order valence-corrected chi connectivity index (χ0v) is 13.0. The van der Waals surface area contributed by atoms with Crippen molar-refractivity contribution in [3.8, 4) is 5.75 Å². The van der Waals surface area contributed by atoms with E-state index >= 15 is 0 Å². The van der Waals surface area contributed by atoms with Crippen molar-refractivity contribution < 1.29 is 4.74 Å². The first-order valence-electron chi connectivity index (χ1n) is 7.54. The number of piperazine rings is 1. The standard InChI is InChI=1S/C16H24N2OS/c1-19-16-5-3-2-4-14(16)15-10-17-7-8-18(15)11-13-6-9-20-12-13/h2-5,13,15,17H,6-12H2,1H3. The number of methoxy groups -OCH3 is 1. The fourth-order valence-corrected chi connectivity index (χ4v) is 4.54. The van der Waals surface area contributed by atoms with Crippen LogP contribution in [0.25, 0.3) is 0 Å². The molecular weight excluding hydrogens is 268 g/mol. The molecule has 0 amide bonds. The summed E-state index contributed by atoms with van der Waals surface area (Å²) in [6, 6.07) is 8.91. The van der Waals surface area contributed by atoms with Crippen molar-refractivity contribution in [1.29, 1.82) is 0 Å². The topological polar surface area (TPSA) is 24.5 Å². The van der Waals surface area contributed by atoms with Crippen LogP contribution in [0.1, 0.15) is 18.0 Å². The molecule has 0 aliphatic carbocycles. The first-order valence-corrected chi connectivity index (χ1v) is 8.69. The number of nitrogens with zero attached hydrogens (tertiary/aromatic N) is 1. The average molecular weight is 292 g/mol. The molecule has 0 spiro atoms. The van der Waals surface area contributed by atoms with Gasteiger partial charge in [-0.25, -0.2) is 0 Å². The third-order valence-electron chi connectivity index (χ3n) is 4.37. The smallest absolute Gasteiger partial charge is 0.123 e. The SMILES string of the molecule is COc1ccccc1C1CNCCN1CC1CCSC1. The number of nitrogens with one attached hydrogen (secondary N) is 1. The lowest BCUT2D eigenvalue weighted by Gasteiger charge is -2.38. The van der Waals surface area contributed by atoms with Gasteiger partial charge in [0, 0.05) is 31.7 Å². The van der Waals surface area contributed by atoms with Crippen molar-refractivity contribution in [2.24, 2.45) is 5.92 Å². The zero-order chi connectivity index (χ0) is 13.8. The molecule has 110 valence electrons. The van der Waals surface area contributed by atoms with Crippen LogP contribution >= 0.6 is 11.8 Å². The molecule has 20 heavy (non-hydrogen) atoms. The Morgan fingerprint density at radius 1 is 1.40 bits per heavy atom. The number of thioether (sulfide) groups is 1. The molecule has 2 fully saturated rings. The van der Waals surface area contributed by atoms with E-state index in [9.17, 15) is 0 Å². The molecule has 1 N–H and O–H groups in total. The zero-order valence-electron chi connectivity index (χ0n) is 12.2. The molecule has 0 saturated carbocycles. The Morgan fingerprint density at radius 2 is 2.30 bits per heavy atom. The number of rotatable bonds is 4. The molecule has 2 heterocycles. The summed E-state index contributed by atoms with van der Waals surface area (Å²) in [7, 11) is 1.77. The summed E-state index contributed by atoms with van der Waals surface area (Å²) in [6.45, 7) is 4.51. The van der Waals surface area contributed by atoms with Gasteiger partial charge in [0.15, 0.2) is 0 Å². The molecule has 2 saturated heterocycles. The van der Waals surface area contributed by atoms with Crippen molar-refractivity contribution in [2.45, 2.75) is 12.5 Å². The van der Waals surface area contributed by atoms with Crippen molar-refractivity contribution >= 4 is 11.8 Å². The Bertz CT molecular complexity index is 434. The van der Waals surface area contributed by atoms with E-state index in [1.54, 1.807) is 7.11 Å². The summed E-state index contributed by atoms with van der Waals surface area (Å²) in [5.74, 6) is 4.57. The Morgan fingerprint density at radius 3 is 3.10 bits per heavy atom. The monoisotopic (exact) mass is 292 g/mol. The van der Waals surface area contributed by atoms with E-state index in [-0.39, 0.29) is 0 Å². The lowest BCUT2D eigenvalue weighted by molar-refractivity contribution is 0.140. The second kappa shape index (κ2) is 6.83. The van der Waals surface area contributed by atoms with E-state index < -0.39 is 0 Å². The van der Waals surface area contributed by atoms with Crippen molar-refractivity contribution in [1.82, 2.24) is 10.2 Å². The van der Waals surface area contributed by atoms with E-state index in [4.69, 9.17) is 4.74 Å². The lowest BCUT2D eigenvalue weighted by atomic mass is 9.99. The molecule has 1 aromatic carbocycles. The van der Waals surface area contributed by atoms with E-state index in [1.165, 1.54) is 30.0 Å². The van der Waals surface area contributed by atoms with Gasteiger partial charge < -0.3 is 10.1 Å². The normalized spacial score (nSPS) is 27.6. The molecule has 0 aromatic heterocycles. The van der Waals surface area contributed by atoms with Crippen LogP contribution in [0.4, 0.5) is 0 Å². The third kappa shape index (κ3) is 3.13. The maximum absolute atomic E-state index is 5.56. The van der Waals surface area contributed by atoms with Crippen LogP contribution in [0.5, 0.6) is 5.75 Å². The molecule has 2 aliphatic heterocycles. The maximum atomic E-state index is 5.56. The minimum atomic E-state index is 0.450. The first kappa shape index (κ1) is 14.2. The van der Waals surface area contributed by atoms with Gasteiger partial charge in [0.05, 0.1) is 13.2 Å². The highest BCUT2D eigenvalue weighted by molar-refractivity contribution is 7.99. The number of hydrogen-bond acceptors (Lipinski definition) is 4. The summed E-state index contributed by atoms with van der Waals surface area (Å²) < 4.78 is 5.56. The Hall–Kier alpha value is -0.710. The highest BCUT2D eigenvalue weighted by Gasteiger charge is 2.29. The molecule has 2 atom stereocenters. The number of benzene rings is 1. The fraction of sp³-hybridized carbons (Fsp3) is 0.625. The summed E-state index contributed by atoms with van der Waals surface area (Å²) in [5, 5.41) is 3.54. The molecule has 0 bridgehead atoms. The molecular formula is C16H24N2OS. The summed E-state index contributed by atoms with van der Waals surface area (Å²) in [6.07, 6.45) is 1.38. The largest absolute Gasteiger partial charge is 0.496 e. The van der Waals surface area contributed by atoms with Crippen LogP contribution in [0, 0.1) is 5.92 Å². The van der Waals surface area contributed by atoms with Crippen LogP contribution in [0.2, 0.25) is 0 Å². The second-order valence-corrected chi connectivity index (χ2v) is 6.84. The van der Waals surface area contributed by atoms with E-state index in [0.29, 0.717) is 6.04 Å². The number of ether oxygens (including phenoxy) is 1. The van der Waals surface area contributed by atoms with Gasteiger partial charge in [-0.15, -0.1) is 0 Å². The fourth-order valence-electron chi connectivity index (χ4n) is 3.27. The maximum Gasteiger partial charge on any atom is 0.123 e. The lowest BCUT2D eigenvalue weighted by Crippen LogP contribution is -2.47. The third-order valence-corrected chi connectivity index (χ3v) is 5.60. The average Bonchev–Trinajstić information content (AvgIpc) is 3.01. The van der Waals surface area contributed by atoms with Crippen LogP contribution in [0.3, 0.4) is 0 Å². The molecule has 3 rings (SSSR count). The minimum Gasteiger partial charge on any atom is -0.496 e. The predicted octanol–water partition coefficient (Wildman–Crippen LogP) is 2.39. The van der Waals surface area contributed by atoms with Gasteiger partial charge >= 0.3 is 0 Å². The van der Waals surface area contributed by atoms with Gasteiger partial charge in [0.1, 0.15) is 5.75 Å². The Labute approximate surface area is 126 Å². The first-order chi connectivity index (χ1) is 9.88. The molecule has 1 aromatic rings. The number of hydrogen-bond donors (Lipinski definition) is 1. The van der Waals surface area contributed by atoms with Crippen molar-refractivity contribution in [2.75, 3.05) is 44.8 Å². The minimum absolute atomic E-state index is 0.450. The predicted molar refractivity (Wildman–Crippen MR) is 85.6 cm³/mol. The Kier molecular flexibility index (Phi) is 4.86. The van der Waals surface area contributed by atoms with E-state index in [2.05, 4.69) is 46.2 Å². The van der Waals surface area contributed by atoms with Crippen molar-refractivity contribution in [3.05, 3.63) is 29.8 Å². The van der Waals surface area contributed by atoms with Crippen LogP contribution in [-0.4, -0.2) is 49.7 Å². The van der Waals surface area contributed by atoms with Crippen LogP contribution in [0.15, 0.2) is 24.3 Å². The quantitative estimate of drug-likeness (QED) is 0.921. The molecule has 3 nitrogen and oxygen atoms in total. The highest BCUT2D eigenvalue weighted by Crippen LogP contribution is 2.32. The number of para-hydroxylation sites is 1. The summed E-state index contributed by atoms with van der Waals surface area (Å²) >= 11 is 2.11. The molecule has 4 heteroatoms. The van der Waals surface area contributed by atoms with Crippen LogP contribution in [-0.2, 0) is 0 Å². The molecule has 0 radical (unpaired) electrons.